The highest BCUT2D eigenvalue weighted by Gasteiger charge is 2.00. The molecule has 1 aromatic rings. The van der Waals surface area contributed by atoms with E-state index in [1.807, 2.05) is 0 Å². The van der Waals surface area contributed by atoms with Crippen molar-refractivity contribution >= 4 is 11.9 Å². The first-order chi connectivity index (χ1) is 7.17. The number of methoxy groups -OCH3 is 1. The van der Waals surface area contributed by atoms with Crippen molar-refractivity contribution in [1.82, 2.24) is 0 Å². The van der Waals surface area contributed by atoms with Gasteiger partial charge in [0.25, 0.3) is 0 Å². The molecule has 0 aliphatic rings. The van der Waals surface area contributed by atoms with E-state index in [1.165, 1.54) is 19.3 Å². The van der Waals surface area contributed by atoms with Gasteiger partial charge in [-0.2, -0.15) is 0 Å². The maximum atomic E-state index is 10.8. The molecular formula is C11H12O4. The molecule has 1 aromatic carbocycles. The number of carbonyl (C=O) groups excluding carboxylic acids is 1. The van der Waals surface area contributed by atoms with Crippen LogP contribution < -0.4 is 4.74 Å². The van der Waals surface area contributed by atoms with Crippen LogP contribution in [0.4, 0.5) is 0 Å². The van der Waals surface area contributed by atoms with Gasteiger partial charge in [-0.1, -0.05) is 12.1 Å². The van der Waals surface area contributed by atoms with E-state index in [4.69, 9.17) is 9.84 Å². The summed E-state index contributed by atoms with van der Waals surface area (Å²) in [4.78, 5) is 10.8. The van der Waals surface area contributed by atoms with Crippen LogP contribution in [0.1, 0.15) is 5.56 Å². The zero-order valence-corrected chi connectivity index (χ0v) is 8.30. The molecule has 0 aliphatic carbocycles. The first kappa shape index (κ1) is 11.3. The Morgan fingerprint density at radius 3 is 2.87 bits per heavy atom. The summed E-state index contributed by atoms with van der Waals surface area (Å²) in [5.74, 6) is 0.0128. The van der Waals surface area contributed by atoms with Crippen molar-refractivity contribution in [3.05, 3.63) is 29.8 Å². The lowest BCUT2D eigenvalue weighted by atomic mass is 10.2. The molecule has 0 aromatic heterocycles. The van der Waals surface area contributed by atoms with Gasteiger partial charge >= 0.3 is 0 Å². The molecule has 0 atom stereocenters. The van der Waals surface area contributed by atoms with Crippen molar-refractivity contribution < 1.29 is 19.7 Å². The SMILES string of the molecule is COc1cc(C=CC(=O)CO)ccc1O. The summed E-state index contributed by atoms with van der Waals surface area (Å²) in [5, 5.41) is 17.8. The maximum Gasteiger partial charge on any atom is 0.181 e. The number of phenols is 1. The molecule has 0 unspecified atom stereocenters. The van der Waals surface area contributed by atoms with Crippen molar-refractivity contribution in [3.63, 3.8) is 0 Å². The Morgan fingerprint density at radius 1 is 1.53 bits per heavy atom. The fourth-order valence-electron chi connectivity index (χ4n) is 1.04. The summed E-state index contributed by atoms with van der Waals surface area (Å²) in [7, 11) is 1.45. The summed E-state index contributed by atoms with van der Waals surface area (Å²) in [6, 6.07) is 4.71. The number of rotatable bonds is 4. The third-order valence-electron chi connectivity index (χ3n) is 1.82. The van der Waals surface area contributed by atoms with Gasteiger partial charge in [-0.15, -0.1) is 0 Å². The predicted octanol–water partition coefficient (Wildman–Crippen LogP) is 0.975. The van der Waals surface area contributed by atoms with Gasteiger partial charge < -0.3 is 14.9 Å². The first-order valence-electron chi connectivity index (χ1n) is 4.36. The maximum absolute atomic E-state index is 10.8. The van der Waals surface area contributed by atoms with Crippen LogP contribution in [-0.4, -0.2) is 29.7 Å². The molecule has 2 N–H and O–H groups in total. The lowest BCUT2D eigenvalue weighted by molar-refractivity contribution is -0.117. The third kappa shape index (κ3) is 3.11. The summed E-state index contributed by atoms with van der Waals surface area (Å²) in [6.07, 6.45) is 2.81. The number of hydrogen-bond acceptors (Lipinski definition) is 4. The van der Waals surface area contributed by atoms with Crippen molar-refractivity contribution in [3.8, 4) is 11.5 Å². The van der Waals surface area contributed by atoms with Crippen LogP contribution in [-0.2, 0) is 4.79 Å². The van der Waals surface area contributed by atoms with E-state index in [1.54, 1.807) is 18.2 Å². The largest absolute Gasteiger partial charge is 0.504 e. The number of carbonyl (C=O) groups is 1. The molecule has 0 bridgehead atoms. The van der Waals surface area contributed by atoms with E-state index in [9.17, 15) is 9.90 Å². The molecule has 0 aliphatic heterocycles. The molecule has 0 saturated carbocycles. The standard InChI is InChI=1S/C11H12O4/c1-15-11-6-8(3-5-10(11)14)2-4-9(13)7-12/h2-6,12,14H,7H2,1H3. The topological polar surface area (TPSA) is 66.8 Å². The molecule has 0 fully saturated rings. The number of phenolic OH excluding ortho intramolecular Hbond substituents is 1. The molecule has 0 radical (unpaired) electrons. The van der Waals surface area contributed by atoms with Crippen molar-refractivity contribution in [2.24, 2.45) is 0 Å². The monoisotopic (exact) mass is 208 g/mol. The average molecular weight is 208 g/mol. The minimum Gasteiger partial charge on any atom is -0.504 e. The van der Waals surface area contributed by atoms with E-state index in [0.29, 0.717) is 11.3 Å². The molecule has 15 heavy (non-hydrogen) atoms. The van der Waals surface area contributed by atoms with Gasteiger partial charge in [-0.3, -0.25) is 4.79 Å². The Bertz CT molecular complexity index is 382. The van der Waals surface area contributed by atoms with E-state index >= 15 is 0 Å². The number of hydrogen-bond donors (Lipinski definition) is 2. The van der Waals surface area contributed by atoms with Crippen LogP contribution in [0.15, 0.2) is 24.3 Å². The van der Waals surface area contributed by atoms with Gasteiger partial charge in [0, 0.05) is 0 Å². The zero-order chi connectivity index (χ0) is 11.3. The van der Waals surface area contributed by atoms with Gasteiger partial charge in [0.2, 0.25) is 0 Å². The van der Waals surface area contributed by atoms with Crippen LogP contribution in [0, 0.1) is 0 Å². The van der Waals surface area contributed by atoms with Crippen molar-refractivity contribution in [2.75, 3.05) is 13.7 Å². The second kappa shape index (κ2) is 5.17. The number of ketones is 1. The van der Waals surface area contributed by atoms with E-state index in [0.717, 1.165) is 0 Å². The Balaban J connectivity index is 2.87. The average Bonchev–Trinajstić information content (AvgIpc) is 2.27. The van der Waals surface area contributed by atoms with Gasteiger partial charge in [0.05, 0.1) is 7.11 Å². The van der Waals surface area contributed by atoms with Crippen LogP contribution in [0.25, 0.3) is 6.08 Å². The van der Waals surface area contributed by atoms with E-state index < -0.39 is 6.61 Å². The predicted molar refractivity (Wildman–Crippen MR) is 55.8 cm³/mol. The van der Waals surface area contributed by atoms with Crippen LogP contribution in [0.2, 0.25) is 0 Å². The number of aromatic hydroxyl groups is 1. The number of benzene rings is 1. The molecule has 0 spiro atoms. The number of aliphatic hydroxyl groups excluding tert-OH is 1. The quantitative estimate of drug-likeness (QED) is 0.724. The molecule has 4 nitrogen and oxygen atoms in total. The minimum atomic E-state index is -0.508. The van der Waals surface area contributed by atoms with Crippen LogP contribution in [0.5, 0.6) is 11.5 Å². The second-order valence-corrected chi connectivity index (χ2v) is 2.89. The fourth-order valence-corrected chi connectivity index (χ4v) is 1.04. The summed E-state index contributed by atoms with van der Waals surface area (Å²) in [5.41, 5.74) is 0.714. The van der Waals surface area contributed by atoms with Crippen molar-refractivity contribution in [1.29, 1.82) is 0 Å². The lowest BCUT2D eigenvalue weighted by Gasteiger charge is -2.03. The summed E-state index contributed by atoms with van der Waals surface area (Å²) >= 11 is 0. The van der Waals surface area contributed by atoms with Crippen LogP contribution in [0.3, 0.4) is 0 Å². The Morgan fingerprint density at radius 2 is 2.27 bits per heavy atom. The van der Waals surface area contributed by atoms with Crippen molar-refractivity contribution in [2.45, 2.75) is 0 Å². The zero-order valence-electron chi connectivity index (χ0n) is 8.30. The molecule has 4 heteroatoms. The molecule has 0 heterocycles. The molecule has 80 valence electrons. The highest BCUT2D eigenvalue weighted by Crippen LogP contribution is 2.26. The smallest absolute Gasteiger partial charge is 0.181 e. The Hall–Kier alpha value is -1.81. The highest BCUT2D eigenvalue weighted by atomic mass is 16.5. The minimum absolute atomic E-state index is 0.0446. The molecule has 0 amide bonds. The van der Waals surface area contributed by atoms with Gasteiger partial charge in [-0.05, 0) is 23.8 Å². The first-order valence-corrected chi connectivity index (χ1v) is 4.36. The lowest BCUT2D eigenvalue weighted by Crippen LogP contribution is -1.97. The highest BCUT2D eigenvalue weighted by molar-refractivity contribution is 5.94. The number of aliphatic hydroxyl groups is 1. The molecule has 0 saturated heterocycles. The van der Waals surface area contributed by atoms with Gasteiger partial charge in [-0.25, -0.2) is 0 Å². The van der Waals surface area contributed by atoms with Crippen LogP contribution >= 0.6 is 0 Å². The Labute approximate surface area is 87.4 Å². The molecular weight excluding hydrogens is 196 g/mol. The Kier molecular flexibility index (Phi) is 3.88. The van der Waals surface area contributed by atoms with Gasteiger partial charge in [0.15, 0.2) is 17.3 Å². The van der Waals surface area contributed by atoms with Gasteiger partial charge in [0.1, 0.15) is 6.61 Å². The fraction of sp³-hybridized carbons (Fsp3) is 0.182. The normalized spacial score (nSPS) is 10.5. The summed E-state index contributed by atoms with van der Waals surface area (Å²) < 4.78 is 4.90. The third-order valence-corrected chi connectivity index (χ3v) is 1.82. The van der Waals surface area contributed by atoms with E-state index in [-0.39, 0.29) is 11.5 Å². The number of ether oxygens (including phenoxy) is 1. The summed E-state index contributed by atoms with van der Waals surface area (Å²) in [6.45, 7) is -0.508. The molecule has 1 rings (SSSR count). The second-order valence-electron chi connectivity index (χ2n) is 2.89. The van der Waals surface area contributed by atoms with E-state index in [2.05, 4.69) is 0 Å².